The number of nitrogens with one attached hydrogen (secondary N) is 3. The Balaban J connectivity index is 0.00000161. The molecule has 3 rings (SSSR count). The molecular formula is C15H17ClIN3O. The van der Waals surface area contributed by atoms with E-state index in [1.165, 1.54) is 11.1 Å². The molecule has 2 aromatic rings. The molecule has 2 heterocycles. The molecule has 1 aliphatic heterocycles. The van der Waals surface area contributed by atoms with Crippen LogP contribution in [0.15, 0.2) is 36.5 Å². The molecule has 0 spiro atoms. The molecule has 1 atom stereocenters. The van der Waals surface area contributed by atoms with Gasteiger partial charge in [0.15, 0.2) is 0 Å². The van der Waals surface area contributed by atoms with Crippen LogP contribution in [-0.4, -0.2) is 24.0 Å². The Hall–Kier alpha value is -1.05. The van der Waals surface area contributed by atoms with Gasteiger partial charge < -0.3 is 15.6 Å². The van der Waals surface area contributed by atoms with Crippen molar-refractivity contribution >= 4 is 40.9 Å². The molecule has 4 nitrogen and oxygen atoms in total. The number of rotatable bonds is 3. The first-order valence-electron chi connectivity index (χ1n) is 6.67. The van der Waals surface area contributed by atoms with Crippen LogP contribution < -0.4 is 10.6 Å². The van der Waals surface area contributed by atoms with E-state index in [0.29, 0.717) is 12.2 Å². The third-order valence-corrected chi connectivity index (χ3v) is 4.20. The highest BCUT2D eigenvalue weighted by Crippen LogP contribution is 2.21. The Kier molecular flexibility index (Phi) is 5.66. The molecule has 112 valence electrons. The Morgan fingerprint density at radius 1 is 1.38 bits per heavy atom. The van der Waals surface area contributed by atoms with Crippen molar-refractivity contribution in [2.75, 3.05) is 13.1 Å². The summed E-state index contributed by atoms with van der Waals surface area (Å²) in [4.78, 5) is 15.0. The highest BCUT2D eigenvalue weighted by Gasteiger charge is 2.19. The molecule has 0 fully saturated rings. The molecule has 0 aliphatic carbocycles. The first-order chi connectivity index (χ1) is 9.74. The summed E-state index contributed by atoms with van der Waals surface area (Å²) in [5, 5.41) is 6.45. The number of fused-ring (bicyclic) bond motifs is 1. The lowest BCUT2D eigenvalue weighted by Gasteiger charge is -2.27. The molecule has 0 radical (unpaired) electrons. The van der Waals surface area contributed by atoms with Gasteiger partial charge in [0, 0.05) is 22.4 Å². The van der Waals surface area contributed by atoms with Gasteiger partial charge in [0.25, 0.3) is 5.91 Å². The number of carbonyl (C=O) groups excluding carboxylic acids is 1. The van der Waals surface area contributed by atoms with E-state index in [-0.39, 0.29) is 24.4 Å². The van der Waals surface area contributed by atoms with Gasteiger partial charge in [-0.1, -0.05) is 24.3 Å². The van der Waals surface area contributed by atoms with Crippen LogP contribution in [0, 0.1) is 3.57 Å². The quantitative estimate of drug-likeness (QED) is 0.673. The maximum absolute atomic E-state index is 12.0. The number of aromatic amines is 1. The van der Waals surface area contributed by atoms with Crippen LogP contribution in [-0.2, 0) is 6.42 Å². The lowest BCUT2D eigenvalue weighted by Crippen LogP contribution is -2.38. The van der Waals surface area contributed by atoms with Crippen LogP contribution in [0.2, 0.25) is 0 Å². The number of aromatic nitrogens is 1. The molecule has 0 saturated heterocycles. The normalized spacial score (nSPS) is 16.7. The van der Waals surface area contributed by atoms with E-state index in [0.717, 1.165) is 16.5 Å². The van der Waals surface area contributed by atoms with E-state index in [4.69, 9.17) is 0 Å². The van der Waals surface area contributed by atoms with Crippen molar-refractivity contribution in [3.05, 3.63) is 56.9 Å². The second-order valence-corrected chi connectivity index (χ2v) is 6.14. The van der Waals surface area contributed by atoms with Gasteiger partial charge in [-0.3, -0.25) is 4.79 Å². The minimum Gasteiger partial charge on any atom is -0.356 e. The van der Waals surface area contributed by atoms with E-state index in [9.17, 15) is 4.79 Å². The van der Waals surface area contributed by atoms with Crippen molar-refractivity contribution in [1.82, 2.24) is 15.6 Å². The zero-order valence-electron chi connectivity index (χ0n) is 11.4. The van der Waals surface area contributed by atoms with Gasteiger partial charge in [-0.05, 0) is 52.7 Å². The summed E-state index contributed by atoms with van der Waals surface area (Å²) < 4.78 is 1.04. The summed E-state index contributed by atoms with van der Waals surface area (Å²) >= 11 is 2.18. The number of hydrogen-bond acceptors (Lipinski definition) is 2. The molecule has 1 aromatic carbocycles. The summed E-state index contributed by atoms with van der Waals surface area (Å²) in [5.41, 5.74) is 3.28. The van der Waals surface area contributed by atoms with Crippen LogP contribution in [0.25, 0.3) is 0 Å². The van der Waals surface area contributed by atoms with Gasteiger partial charge in [0.05, 0.1) is 0 Å². The van der Waals surface area contributed by atoms with Crippen LogP contribution in [0.3, 0.4) is 0 Å². The number of carbonyl (C=O) groups is 1. The van der Waals surface area contributed by atoms with Gasteiger partial charge in [0.2, 0.25) is 0 Å². The summed E-state index contributed by atoms with van der Waals surface area (Å²) in [5.74, 6) is -0.0576. The van der Waals surface area contributed by atoms with Crippen LogP contribution in [0.1, 0.15) is 27.7 Å². The molecule has 6 heteroatoms. The molecule has 3 N–H and O–H groups in total. The summed E-state index contributed by atoms with van der Waals surface area (Å²) in [6.45, 7) is 1.56. The van der Waals surface area contributed by atoms with Crippen LogP contribution in [0.4, 0.5) is 0 Å². The van der Waals surface area contributed by atoms with E-state index in [2.05, 4.69) is 56.4 Å². The minimum absolute atomic E-state index is 0. The molecule has 0 saturated carbocycles. The fourth-order valence-corrected chi connectivity index (χ4v) is 3.03. The van der Waals surface area contributed by atoms with Crippen LogP contribution in [0.5, 0.6) is 0 Å². The molecule has 21 heavy (non-hydrogen) atoms. The standard InChI is InChI=1S/C15H16IN3O.ClH/c16-11-7-13(18-8-11)15(20)19-9-14-12-4-2-1-3-10(12)5-6-17-14;/h1-4,7-8,14,17-18H,5-6,9H2,(H,19,20);1H. The number of hydrogen-bond donors (Lipinski definition) is 3. The largest absolute Gasteiger partial charge is 0.356 e. The first-order valence-corrected chi connectivity index (χ1v) is 7.75. The third-order valence-electron chi connectivity index (χ3n) is 3.57. The minimum atomic E-state index is -0.0576. The summed E-state index contributed by atoms with van der Waals surface area (Å²) in [6, 6.07) is 10.5. The second-order valence-electron chi connectivity index (χ2n) is 4.90. The van der Waals surface area contributed by atoms with Gasteiger partial charge in [-0.15, -0.1) is 12.4 Å². The highest BCUT2D eigenvalue weighted by atomic mass is 127. The van der Waals surface area contributed by atoms with Gasteiger partial charge in [-0.2, -0.15) is 0 Å². The molecular weight excluding hydrogens is 401 g/mol. The lowest BCUT2D eigenvalue weighted by molar-refractivity contribution is 0.0944. The predicted octanol–water partition coefficient (Wildman–Crippen LogP) is 2.66. The maximum atomic E-state index is 12.0. The summed E-state index contributed by atoms with van der Waals surface area (Å²) in [7, 11) is 0. The monoisotopic (exact) mass is 417 g/mol. The van der Waals surface area contributed by atoms with E-state index < -0.39 is 0 Å². The number of benzene rings is 1. The van der Waals surface area contributed by atoms with E-state index in [1.54, 1.807) is 0 Å². The second kappa shape index (κ2) is 7.29. The topological polar surface area (TPSA) is 56.9 Å². The maximum Gasteiger partial charge on any atom is 0.267 e. The van der Waals surface area contributed by atoms with Crippen molar-refractivity contribution in [2.45, 2.75) is 12.5 Å². The van der Waals surface area contributed by atoms with E-state index >= 15 is 0 Å². The number of H-pyrrole nitrogens is 1. The lowest BCUT2D eigenvalue weighted by atomic mass is 9.94. The Morgan fingerprint density at radius 2 is 2.19 bits per heavy atom. The highest BCUT2D eigenvalue weighted by molar-refractivity contribution is 14.1. The molecule has 1 aliphatic rings. The first kappa shape index (κ1) is 16.3. The smallest absolute Gasteiger partial charge is 0.267 e. The van der Waals surface area contributed by atoms with Crippen molar-refractivity contribution in [1.29, 1.82) is 0 Å². The van der Waals surface area contributed by atoms with Crippen molar-refractivity contribution in [3.63, 3.8) is 0 Å². The Labute approximate surface area is 143 Å². The van der Waals surface area contributed by atoms with Crippen LogP contribution >= 0.6 is 35.0 Å². The van der Waals surface area contributed by atoms with E-state index in [1.807, 2.05) is 18.3 Å². The zero-order chi connectivity index (χ0) is 13.9. The third kappa shape index (κ3) is 3.78. The van der Waals surface area contributed by atoms with Crippen molar-refractivity contribution in [3.8, 4) is 0 Å². The molecule has 1 amide bonds. The fraction of sp³-hybridized carbons (Fsp3) is 0.267. The SMILES string of the molecule is Cl.O=C(NCC1NCCc2ccccc21)c1cc(I)c[nH]1. The molecule has 1 aromatic heterocycles. The van der Waals surface area contributed by atoms with Crippen molar-refractivity contribution in [2.24, 2.45) is 0 Å². The molecule has 0 bridgehead atoms. The van der Waals surface area contributed by atoms with Gasteiger partial charge >= 0.3 is 0 Å². The summed E-state index contributed by atoms with van der Waals surface area (Å²) in [6.07, 6.45) is 2.87. The fourth-order valence-electron chi connectivity index (χ4n) is 2.56. The molecule has 1 unspecified atom stereocenters. The average Bonchev–Trinajstić information content (AvgIpc) is 2.91. The average molecular weight is 418 g/mol. The zero-order valence-corrected chi connectivity index (χ0v) is 14.3. The number of halogens is 2. The van der Waals surface area contributed by atoms with Gasteiger partial charge in [0.1, 0.15) is 5.69 Å². The van der Waals surface area contributed by atoms with Crippen molar-refractivity contribution < 1.29 is 4.79 Å². The Morgan fingerprint density at radius 3 is 2.95 bits per heavy atom. The number of amides is 1. The van der Waals surface area contributed by atoms with Gasteiger partial charge in [-0.25, -0.2) is 0 Å². The Bertz CT molecular complexity index is 629. The predicted molar refractivity (Wildman–Crippen MR) is 94.0 cm³/mol.